The minimum absolute atomic E-state index is 0.00142. The lowest BCUT2D eigenvalue weighted by atomic mass is 9.40. The molecule has 0 saturated carbocycles. The Balaban J connectivity index is 1.30. The second-order valence-electron chi connectivity index (χ2n) is 9.01. The van der Waals surface area contributed by atoms with Gasteiger partial charge in [-0.25, -0.2) is 15.0 Å². The van der Waals surface area contributed by atoms with E-state index in [2.05, 4.69) is 41.6 Å². The van der Waals surface area contributed by atoms with Crippen LogP contribution in [0.3, 0.4) is 0 Å². The van der Waals surface area contributed by atoms with Gasteiger partial charge >= 0.3 is 0 Å². The van der Waals surface area contributed by atoms with Crippen LogP contribution in [-0.2, 0) is 5.21 Å². The molecule has 0 aromatic carbocycles. The van der Waals surface area contributed by atoms with Gasteiger partial charge in [0.2, 0.25) is 0 Å². The average Bonchev–Trinajstić information content (AvgIpc) is 2.97. The monoisotopic (exact) mass is 463 g/mol. The molecule has 11 heteroatoms. The number of rotatable bonds is 3. The lowest BCUT2D eigenvalue weighted by Crippen LogP contribution is -2.54. The van der Waals surface area contributed by atoms with Crippen molar-refractivity contribution in [1.82, 2.24) is 19.9 Å². The van der Waals surface area contributed by atoms with Crippen LogP contribution >= 0.6 is 23.4 Å². The maximum atomic E-state index is 6.82. The van der Waals surface area contributed by atoms with Crippen LogP contribution in [0.5, 0.6) is 0 Å². The molecule has 0 bridgehead atoms. The van der Waals surface area contributed by atoms with Gasteiger partial charge in [0.15, 0.2) is 0 Å². The highest BCUT2D eigenvalue weighted by Gasteiger charge is 2.57. The maximum absolute atomic E-state index is 6.82. The highest BCUT2D eigenvalue weighted by Crippen LogP contribution is 2.58. The number of hydrogen-bond acceptors (Lipinski definition) is 8. The predicted octanol–water partition coefficient (Wildman–Crippen LogP) is 1.37. The van der Waals surface area contributed by atoms with E-state index in [1.165, 1.54) is 17.3 Å². The summed E-state index contributed by atoms with van der Waals surface area (Å²) in [4.78, 5) is 21.1. The van der Waals surface area contributed by atoms with Crippen molar-refractivity contribution in [3.63, 3.8) is 0 Å². The van der Waals surface area contributed by atoms with E-state index in [0.29, 0.717) is 10.8 Å². The molecule has 0 unspecified atom stereocenters. The number of hydrogen-bond donors (Lipinski definition) is 2. The highest BCUT2D eigenvalue weighted by atomic mass is 35.5. The van der Waals surface area contributed by atoms with Gasteiger partial charge in [-0.2, -0.15) is 0 Å². The number of piperidine rings is 1. The molecule has 0 radical (unpaired) electrons. The fourth-order valence-corrected chi connectivity index (χ4v) is 6.33. The predicted molar refractivity (Wildman–Crippen MR) is 134 cm³/mol. The van der Waals surface area contributed by atoms with E-state index in [1.807, 2.05) is 24.5 Å². The molecule has 4 heterocycles. The molecule has 162 valence electrons. The van der Waals surface area contributed by atoms with Crippen molar-refractivity contribution < 1.29 is 0 Å². The molecule has 1 atom stereocenters. The Morgan fingerprint density at radius 1 is 1.06 bits per heavy atom. The van der Waals surface area contributed by atoms with Gasteiger partial charge in [0.25, 0.3) is 0 Å². The van der Waals surface area contributed by atoms with E-state index in [1.54, 1.807) is 12.4 Å². The van der Waals surface area contributed by atoms with Crippen LogP contribution in [0.2, 0.25) is 5.02 Å². The number of halogens is 1. The molecular formula is C21H24B2ClN7S. The smallest absolute Gasteiger partial charge is 0.147 e. The first-order valence-corrected chi connectivity index (χ1v) is 11.9. The summed E-state index contributed by atoms with van der Waals surface area (Å²) < 4.78 is 0. The lowest BCUT2D eigenvalue weighted by Gasteiger charge is -2.50. The number of aromatic nitrogens is 4. The van der Waals surface area contributed by atoms with Crippen molar-refractivity contribution in [3.05, 3.63) is 59.3 Å². The third-order valence-corrected chi connectivity index (χ3v) is 8.78. The van der Waals surface area contributed by atoms with Crippen LogP contribution < -0.4 is 16.4 Å². The number of anilines is 2. The topological polar surface area (TPSA) is 107 Å². The molecule has 5 rings (SSSR count). The van der Waals surface area contributed by atoms with E-state index in [9.17, 15) is 0 Å². The summed E-state index contributed by atoms with van der Waals surface area (Å²) in [6, 6.07) is 5.96. The summed E-state index contributed by atoms with van der Waals surface area (Å²) in [5.41, 5.74) is 15.0. The summed E-state index contributed by atoms with van der Waals surface area (Å²) in [7, 11) is 4.59. The van der Waals surface area contributed by atoms with Crippen molar-refractivity contribution in [1.29, 1.82) is 0 Å². The fraction of sp³-hybridized carbons (Fsp3) is 0.333. The van der Waals surface area contributed by atoms with Gasteiger partial charge in [0.1, 0.15) is 32.4 Å². The zero-order chi connectivity index (χ0) is 22.5. The van der Waals surface area contributed by atoms with Crippen LogP contribution in [0.15, 0.2) is 52.9 Å². The standard InChI is InChI=1S/C21H24B2ClN7S/c22-21(23)18-12(2-1-6-27-18)17(25)20(21)4-8-31(9-5-20)14-10-30-15(11-29-14)32-13-3-7-28-19(26)16(13)24/h1-3,6-7,10-11,17H,4-5,8-9,22-23,25H2,(H2,26,28)/t17-/m1/s1. The zero-order valence-corrected chi connectivity index (χ0v) is 19.7. The Bertz CT molecular complexity index is 1150. The summed E-state index contributed by atoms with van der Waals surface area (Å²) >= 11 is 7.67. The molecule has 1 aliphatic carbocycles. The third kappa shape index (κ3) is 3.27. The Kier molecular flexibility index (Phi) is 5.34. The third-order valence-electron chi connectivity index (χ3n) is 7.30. The van der Waals surface area contributed by atoms with Gasteiger partial charge in [0, 0.05) is 42.1 Å². The molecule has 32 heavy (non-hydrogen) atoms. The second-order valence-corrected chi connectivity index (χ2v) is 10.5. The fourth-order valence-electron chi connectivity index (χ4n) is 5.34. The van der Waals surface area contributed by atoms with Gasteiger partial charge in [-0.05, 0) is 41.2 Å². The van der Waals surface area contributed by atoms with Gasteiger partial charge < -0.3 is 16.4 Å². The second kappa shape index (κ2) is 7.93. The van der Waals surface area contributed by atoms with Crippen LogP contribution in [-0.4, -0.2) is 48.7 Å². The van der Waals surface area contributed by atoms with Gasteiger partial charge in [0.05, 0.1) is 17.4 Å². The largest absolute Gasteiger partial charge is 0.382 e. The van der Waals surface area contributed by atoms with Crippen molar-refractivity contribution in [2.45, 2.75) is 34.0 Å². The summed E-state index contributed by atoms with van der Waals surface area (Å²) in [6.45, 7) is 1.78. The van der Waals surface area contributed by atoms with E-state index < -0.39 is 0 Å². The Labute approximate surface area is 198 Å². The van der Waals surface area contributed by atoms with Crippen LogP contribution in [0.25, 0.3) is 0 Å². The normalized spacial score (nSPS) is 20.9. The van der Waals surface area contributed by atoms with E-state index in [-0.39, 0.29) is 16.7 Å². The highest BCUT2D eigenvalue weighted by molar-refractivity contribution is 7.99. The van der Waals surface area contributed by atoms with Gasteiger partial charge in [-0.15, -0.1) is 0 Å². The maximum Gasteiger partial charge on any atom is 0.147 e. The minimum Gasteiger partial charge on any atom is -0.382 e. The molecule has 3 aromatic rings. The number of pyridine rings is 2. The first-order valence-electron chi connectivity index (χ1n) is 10.7. The molecule has 7 nitrogen and oxygen atoms in total. The molecule has 2 aliphatic rings. The summed E-state index contributed by atoms with van der Waals surface area (Å²) in [6.07, 6.45) is 9.10. The first kappa shape index (κ1) is 21.6. The van der Waals surface area contributed by atoms with Crippen LogP contribution in [0, 0.1) is 5.41 Å². The van der Waals surface area contributed by atoms with Crippen LogP contribution in [0.1, 0.15) is 30.1 Å². The number of nitrogens with two attached hydrogens (primary N) is 2. The molecule has 0 amide bonds. The Morgan fingerprint density at radius 3 is 2.53 bits per heavy atom. The number of nitrogen functional groups attached to an aromatic ring is 1. The lowest BCUT2D eigenvalue weighted by molar-refractivity contribution is 0.160. The average molecular weight is 464 g/mol. The SMILES string of the molecule is BC1(B)c2ncccc2[C@@H](N)C12CCN(c1cnc(Sc3ccnc(N)c3Cl)cn1)CC2. The first-order chi connectivity index (χ1) is 15.3. The zero-order valence-electron chi connectivity index (χ0n) is 18.1. The van der Waals surface area contributed by atoms with E-state index in [0.717, 1.165) is 47.4 Å². The number of fused-ring (bicyclic) bond motifs is 1. The molecule has 4 N–H and O–H groups in total. The Hall–Kier alpha value is -2.29. The molecule has 1 spiro atoms. The molecular weight excluding hydrogens is 439 g/mol. The van der Waals surface area contributed by atoms with Crippen molar-refractivity contribution in [2.24, 2.45) is 11.1 Å². The number of nitrogens with zero attached hydrogens (tertiary/aromatic N) is 5. The van der Waals surface area contributed by atoms with E-state index in [4.69, 9.17) is 28.1 Å². The van der Waals surface area contributed by atoms with Crippen molar-refractivity contribution >= 4 is 50.7 Å². The van der Waals surface area contributed by atoms with Crippen molar-refractivity contribution in [3.8, 4) is 0 Å². The van der Waals surface area contributed by atoms with Gasteiger partial charge in [-0.3, -0.25) is 4.98 Å². The summed E-state index contributed by atoms with van der Waals surface area (Å²) in [5, 5.41) is 1.14. The minimum atomic E-state index is -0.0626. The molecule has 1 fully saturated rings. The van der Waals surface area contributed by atoms with Gasteiger partial charge in [-0.1, -0.05) is 29.4 Å². The molecule has 1 aliphatic heterocycles. The summed E-state index contributed by atoms with van der Waals surface area (Å²) in [5.74, 6) is 1.19. The van der Waals surface area contributed by atoms with Crippen LogP contribution in [0.4, 0.5) is 11.6 Å². The molecule has 1 saturated heterocycles. The van der Waals surface area contributed by atoms with E-state index >= 15 is 0 Å². The van der Waals surface area contributed by atoms with Crippen molar-refractivity contribution in [2.75, 3.05) is 23.7 Å². The molecule has 3 aromatic heterocycles. The Morgan fingerprint density at radius 2 is 1.84 bits per heavy atom. The quantitative estimate of drug-likeness (QED) is 0.561.